The van der Waals surface area contributed by atoms with E-state index in [4.69, 9.17) is 4.98 Å². The van der Waals surface area contributed by atoms with Gasteiger partial charge in [-0.25, -0.2) is 14.3 Å². The number of nitrogens with one attached hydrogen (secondary N) is 1. The first-order valence-electron chi connectivity index (χ1n) is 14.1. The van der Waals surface area contributed by atoms with Gasteiger partial charge in [0, 0.05) is 37.4 Å². The van der Waals surface area contributed by atoms with E-state index in [9.17, 15) is 10.1 Å². The van der Waals surface area contributed by atoms with E-state index in [1.807, 2.05) is 37.3 Å². The minimum absolute atomic E-state index is 0.0679. The number of nitrogens with zero attached hydrogens (tertiary/aromatic N) is 6. The molecule has 1 aliphatic rings. The first-order valence-corrected chi connectivity index (χ1v) is 14.1. The minimum Gasteiger partial charge on any atom is -0.351 e. The Balaban J connectivity index is 1.77. The van der Waals surface area contributed by atoms with E-state index in [-0.39, 0.29) is 12.0 Å². The molecule has 0 aliphatic carbocycles. The number of rotatable bonds is 4. The molecule has 8 nitrogen and oxygen atoms in total. The fraction of sp³-hybridized carbons (Fsp3) is 0.303. The van der Waals surface area contributed by atoms with Crippen LogP contribution in [-0.2, 0) is 0 Å². The van der Waals surface area contributed by atoms with Crippen LogP contribution in [0.25, 0.3) is 38.8 Å². The van der Waals surface area contributed by atoms with E-state index >= 15 is 0 Å². The van der Waals surface area contributed by atoms with Crippen molar-refractivity contribution in [1.82, 2.24) is 24.8 Å². The molecule has 1 saturated heterocycles. The topological polar surface area (TPSA) is 99.7 Å². The number of fused-ring (bicyclic) bond motifs is 2. The summed E-state index contributed by atoms with van der Waals surface area (Å²) in [6.45, 7) is 12.5. The molecule has 1 N–H and O–H groups in total. The fourth-order valence-electron chi connectivity index (χ4n) is 6.01. The van der Waals surface area contributed by atoms with Crippen LogP contribution in [0.5, 0.6) is 0 Å². The summed E-state index contributed by atoms with van der Waals surface area (Å²) in [6.07, 6.45) is 1.77. The van der Waals surface area contributed by atoms with Gasteiger partial charge in [-0.3, -0.25) is 4.98 Å². The van der Waals surface area contributed by atoms with Crippen LogP contribution in [0.2, 0.25) is 0 Å². The number of aryl methyl sites for hydroxylation is 2. The normalized spacial score (nSPS) is 15.5. The van der Waals surface area contributed by atoms with E-state index < -0.39 is 5.69 Å². The molecule has 1 fully saturated rings. The maximum atomic E-state index is 14.1. The average Bonchev–Trinajstić information content (AvgIpc) is 2.96. The molecule has 3 aromatic heterocycles. The van der Waals surface area contributed by atoms with Gasteiger partial charge < -0.3 is 10.2 Å². The molecule has 4 heterocycles. The Labute approximate surface area is 239 Å². The lowest BCUT2D eigenvalue weighted by Crippen LogP contribution is -2.50. The van der Waals surface area contributed by atoms with Crippen molar-refractivity contribution in [3.63, 3.8) is 0 Å². The lowest BCUT2D eigenvalue weighted by molar-refractivity contribution is 0.497. The largest absolute Gasteiger partial charge is 0.355 e. The van der Waals surface area contributed by atoms with Gasteiger partial charge in [-0.1, -0.05) is 50.2 Å². The standard InChI is InChI=1S/C33H33N7O/c1-19(2)28-30(21(4)12-13-36-28)40-32-26(31(38-33(40)41)39-15-14-35-18-22(39)5)16-24(17-34)29(37-32)25-11-7-10-23-9-6-8-20(3)27(23)25/h6-13,16,19,22,35H,14-15,18H2,1-5H3/t22-/m0/s1. The Morgan fingerprint density at radius 3 is 2.59 bits per heavy atom. The molecule has 0 radical (unpaired) electrons. The van der Waals surface area contributed by atoms with Gasteiger partial charge in [0.05, 0.1) is 28.0 Å². The van der Waals surface area contributed by atoms with Crippen molar-refractivity contribution in [2.24, 2.45) is 0 Å². The van der Waals surface area contributed by atoms with E-state index in [2.05, 4.69) is 72.1 Å². The van der Waals surface area contributed by atoms with Crippen molar-refractivity contribution >= 4 is 27.6 Å². The Morgan fingerprint density at radius 1 is 1.07 bits per heavy atom. The van der Waals surface area contributed by atoms with E-state index in [0.29, 0.717) is 40.3 Å². The second-order valence-electron chi connectivity index (χ2n) is 11.2. The molecule has 0 spiro atoms. The van der Waals surface area contributed by atoms with Crippen LogP contribution in [-0.4, -0.2) is 45.2 Å². The molecule has 5 aromatic rings. The fourth-order valence-corrected chi connectivity index (χ4v) is 6.01. The summed E-state index contributed by atoms with van der Waals surface area (Å²) in [5.74, 6) is 0.630. The van der Waals surface area contributed by atoms with Gasteiger partial charge in [0.15, 0.2) is 5.65 Å². The number of nitriles is 1. The highest BCUT2D eigenvalue weighted by Crippen LogP contribution is 2.36. The van der Waals surface area contributed by atoms with E-state index in [0.717, 1.165) is 46.2 Å². The highest BCUT2D eigenvalue weighted by molar-refractivity contribution is 6.01. The quantitative estimate of drug-likeness (QED) is 0.324. The van der Waals surface area contributed by atoms with Gasteiger partial charge in [-0.05, 0) is 60.7 Å². The van der Waals surface area contributed by atoms with Gasteiger partial charge in [0.1, 0.15) is 11.9 Å². The summed E-state index contributed by atoms with van der Waals surface area (Å²) in [4.78, 5) is 30.8. The van der Waals surface area contributed by atoms with Crippen LogP contribution in [0.3, 0.4) is 0 Å². The Morgan fingerprint density at radius 2 is 1.85 bits per heavy atom. The zero-order chi connectivity index (χ0) is 28.8. The van der Waals surface area contributed by atoms with Crippen LogP contribution in [0, 0.1) is 25.2 Å². The van der Waals surface area contributed by atoms with Crippen LogP contribution in [0.4, 0.5) is 5.82 Å². The van der Waals surface area contributed by atoms with Crippen LogP contribution < -0.4 is 15.9 Å². The SMILES string of the molecule is Cc1ccnc(C(C)C)c1-n1c(=O)nc(N2CCNC[C@@H]2C)c2cc(C#N)c(-c3cccc4cccc(C)c34)nc21. The van der Waals surface area contributed by atoms with Gasteiger partial charge in [0.25, 0.3) is 0 Å². The molecular weight excluding hydrogens is 510 g/mol. The molecular formula is C33H33N7O. The number of anilines is 1. The second-order valence-corrected chi connectivity index (χ2v) is 11.2. The summed E-state index contributed by atoms with van der Waals surface area (Å²) in [5, 5.41) is 16.6. The second kappa shape index (κ2) is 10.4. The van der Waals surface area contributed by atoms with Gasteiger partial charge in [-0.15, -0.1) is 0 Å². The lowest BCUT2D eigenvalue weighted by Gasteiger charge is -2.35. The van der Waals surface area contributed by atoms with Crippen molar-refractivity contribution in [3.05, 3.63) is 87.6 Å². The van der Waals surface area contributed by atoms with Crippen LogP contribution >= 0.6 is 0 Å². The third kappa shape index (κ3) is 4.43. The molecule has 6 rings (SSSR count). The van der Waals surface area contributed by atoms with Crippen LogP contribution in [0.1, 0.15) is 49.1 Å². The third-order valence-electron chi connectivity index (χ3n) is 8.03. The van der Waals surface area contributed by atoms with Crippen molar-refractivity contribution in [1.29, 1.82) is 5.26 Å². The highest BCUT2D eigenvalue weighted by atomic mass is 16.1. The molecule has 0 saturated carbocycles. The Kier molecular flexibility index (Phi) is 6.76. The van der Waals surface area contributed by atoms with Crippen molar-refractivity contribution in [2.45, 2.75) is 46.6 Å². The maximum Gasteiger partial charge on any atom is 0.355 e. The molecule has 2 aromatic carbocycles. The zero-order valence-electron chi connectivity index (χ0n) is 24.1. The Hall–Kier alpha value is -4.61. The van der Waals surface area contributed by atoms with Gasteiger partial charge in [0.2, 0.25) is 0 Å². The maximum absolute atomic E-state index is 14.1. The van der Waals surface area contributed by atoms with E-state index in [1.165, 1.54) is 0 Å². The molecule has 0 amide bonds. The van der Waals surface area contributed by atoms with Crippen molar-refractivity contribution < 1.29 is 0 Å². The third-order valence-corrected chi connectivity index (χ3v) is 8.03. The summed E-state index contributed by atoms with van der Waals surface area (Å²) < 4.78 is 1.60. The number of pyridine rings is 2. The predicted octanol–water partition coefficient (Wildman–Crippen LogP) is 5.41. The molecule has 8 heteroatoms. The summed E-state index contributed by atoms with van der Waals surface area (Å²) >= 11 is 0. The number of hydrogen-bond acceptors (Lipinski definition) is 7. The van der Waals surface area contributed by atoms with E-state index in [1.54, 1.807) is 10.8 Å². The first-order chi connectivity index (χ1) is 19.8. The van der Waals surface area contributed by atoms with Crippen molar-refractivity contribution in [3.8, 4) is 23.0 Å². The smallest absolute Gasteiger partial charge is 0.351 e. The number of aromatic nitrogens is 4. The number of benzene rings is 2. The van der Waals surface area contributed by atoms with Crippen LogP contribution in [0.15, 0.2) is 59.5 Å². The molecule has 41 heavy (non-hydrogen) atoms. The summed E-state index contributed by atoms with van der Waals surface area (Å²) in [6, 6.07) is 18.5. The Bertz CT molecular complexity index is 1910. The molecule has 1 aliphatic heterocycles. The zero-order valence-corrected chi connectivity index (χ0v) is 24.1. The number of piperazine rings is 1. The predicted molar refractivity (Wildman–Crippen MR) is 164 cm³/mol. The monoisotopic (exact) mass is 543 g/mol. The molecule has 1 atom stereocenters. The molecule has 0 unspecified atom stereocenters. The average molecular weight is 544 g/mol. The lowest BCUT2D eigenvalue weighted by atomic mass is 9.95. The summed E-state index contributed by atoms with van der Waals surface area (Å²) in [7, 11) is 0. The minimum atomic E-state index is -0.409. The molecule has 206 valence electrons. The molecule has 0 bridgehead atoms. The van der Waals surface area contributed by atoms with Gasteiger partial charge >= 0.3 is 5.69 Å². The number of hydrogen-bond donors (Lipinski definition) is 1. The highest BCUT2D eigenvalue weighted by Gasteiger charge is 2.27. The van der Waals surface area contributed by atoms with Crippen molar-refractivity contribution in [2.75, 3.05) is 24.5 Å². The summed E-state index contributed by atoms with van der Waals surface area (Å²) in [5.41, 5.74) is 5.41. The first kappa shape index (κ1) is 26.6. The van der Waals surface area contributed by atoms with Gasteiger partial charge in [-0.2, -0.15) is 10.2 Å².